The van der Waals surface area contributed by atoms with Gasteiger partial charge >= 0.3 is 0 Å². The minimum absolute atomic E-state index is 0.0702. The van der Waals surface area contributed by atoms with Crippen LogP contribution in [0.2, 0.25) is 0 Å². The molecule has 1 amide bonds. The SMILES string of the molecule is CCC(C)C(=O)Nc1cc(F)c(I)c(F)c1. The quantitative estimate of drug-likeness (QED) is 0.662. The molecule has 1 atom stereocenters. The van der Waals surface area contributed by atoms with Crippen molar-refractivity contribution >= 4 is 34.2 Å². The van der Waals surface area contributed by atoms with Crippen molar-refractivity contribution in [3.8, 4) is 0 Å². The molecule has 0 aliphatic rings. The molecule has 16 heavy (non-hydrogen) atoms. The Morgan fingerprint density at radius 1 is 1.44 bits per heavy atom. The number of carbonyl (C=O) groups is 1. The second kappa shape index (κ2) is 5.56. The van der Waals surface area contributed by atoms with Crippen molar-refractivity contribution in [3.63, 3.8) is 0 Å². The van der Waals surface area contributed by atoms with Crippen LogP contribution in [0, 0.1) is 21.1 Å². The van der Waals surface area contributed by atoms with Crippen LogP contribution in [0.1, 0.15) is 20.3 Å². The Hall–Kier alpha value is -0.720. The summed E-state index contributed by atoms with van der Waals surface area (Å²) in [6, 6.07) is 2.23. The summed E-state index contributed by atoms with van der Waals surface area (Å²) in [5.41, 5.74) is 0.153. The zero-order valence-electron chi connectivity index (χ0n) is 8.98. The smallest absolute Gasteiger partial charge is 0.227 e. The Labute approximate surface area is 107 Å². The molecule has 0 spiro atoms. The maximum Gasteiger partial charge on any atom is 0.227 e. The highest BCUT2D eigenvalue weighted by Crippen LogP contribution is 2.21. The topological polar surface area (TPSA) is 29.1 Å². The predicted molar refractivity (Wildman–Crippen MR) is 67.2 cm³/mol. The second-order valence-corrected chi connectivity index (χ2v) is 4.63. The second-order valence-electron chi connectivity index (χ2n) is 3.55. The van der Waals surface area contributed by atoms with E-state index in [1.165, 1.54) is 0 Å². The fourth-order valence-corrected chi connectivity index (χ4v) is 1.39. The van der Waals surface area contributed by atoms with E-state index in [0.29, 0.717) is 6.42 Å². The number of hydrogen-bond acceptors (Lipinski definition) is 1. The van der Waals surface area contributed by atoms with E-state index in [2.05, 4.69) is 5.32 Å². The summed E-state index contributed by atoms with van der Waals surface area (Å²) in [7, 11) is 0. The standard InChI is InChI=1S/C11H12F2INO/c1-3-6(2)11(16)15-7-4-8(12)10(14)9(13)5-7/h4-6H,3H2,1-2H3,(H,15,16). The molecule has 1 N–H and O–H groups in total. The third-order valence-corrected chi connectivity index (χ3v) is 3.34. The molecule has 1 aromatic rings. The van der Waals surface area contributed by atoms with E-state index in [4.69, 9.17) is 0 Å². The molecule has 5 heteroatoms. The van der Waals surface area contributed by atoms with Gasteiger partial charge in [-0.15, -0.1) is 0 Å². The number of hydrogen-bond donors (Lipinski definition) is 1. The third kappa shape index (κ3) is 3.13. The zero-order chi connectivity index (χ0) is 12.3. The van der Waals surface area contributed by atoms with Crippen molar-refractivity contribution in [1.82, 2.24) is 0 Å². The normalized spacial score (nSPS) is 12.3. The number of carbonyl (C=O) groups excluding carboxylic acids is 1. The number of nitrogens with one attached hydrogen (secondary N) is 1. The summed E-state index contributed by atoms with van der Waals surface area (Å²) >= 11 is 1.58. The van der Waals surface area contributed by atoms with Crippen molar-refractivity contribution in [2.75, 3.05) is 5.32 Å². The van der Waals surface area contributed by atoms with Crippen LogP contribution in [0.4, 0.5) is 14.5 Å². The molecule has 0 bridgehead atoms. The van der Waals surface area contributed by atoms with E-state index in [-0.39, 0.29) is 21.1 Å². The molecule has 1 aromatic carbocycles. The van der Waals surface area contributed by atoms with E-state index in [1.807, 2.05) is 6.92 Å². The lowest BCUT2D eigenvalue weighted by Crippen LogP contribution is -2.19. The lowest BCUT2D eigenvalue weighted by atomic mass is 10.1. The van der Waals surface area contributed by atoms with Crippen molar-refractivity contribution in [3.05, 3.63) is 27.3 Å². The summed E-state index contributed by atoms with van der Waals surface area (Å²) in [5, 5.41) is 2.48. The first-order valence-electron chi connectivity index (χ1n) is 4.91. The minimum atomic E-state index is -0.667. The Kier molecular flexibility index (Phi) is 4.64. The molecule has 0 heterocycles. The average molecular weight is 339 g/mol. The summed E-state index contributed by atoms with van der Waals surface area (Å²) in [4.78, 5) is 11.5. The average Bonchev–Trinajstić information content (AvgIpc) is 2.24. The van der Waals surface area contributed by atoms with Crippen LogP contribution in [-0.2, 0) is 4.79 Å². The molecule has 0 aliphatic heterocycles. The monoisotopic (exact) mass is 339 g/mol. The van der Waals surface area contributed by atoms with Crippen molar-refractivity contribution in [1.29, 1.82) is 0 Å². The first-order valence-corrected chi connectivity index (χ1v) is 5.99. The largest absolute Gasteiger partial charge is 0.326 e. The van der Waals surface area contributed by atoms with Gasteiger partial charge in [-0.25, -0.2) is 8.78 Å². The van der Waals surface area contributed by atoms with Gasteiger partial charge in [0.05, 0.1) is 3.57 Å². The molecule has 88 valence electrons. The van der Waals surface area contributed by atoms with Crippen LogP contribution in [0.25, 0.3) is 0 Å². The molecule has 0 fully saturated rings. The van der Waals surface area contributed by atoms with Crippen LogP contribution in [0.3, 0.4) is 0 Å². The summed E-state index contributed by atoms with van der Waals surface area (Å²) in [6.45, 7) is 3.63. The lowest BCUT2D eigenvalue weighted by molar-refractivity contribution is -0.119. The Balaban J connectivity index is 2.87. The third-order valence-electron chi connectivity index (χ3n) is 2.31. The molecular weight excluding hydrogens is 327 g/mol. The molecular formula is C11H12F2INO. The number of benzene rings is 1. The first kappa shape index (κ1) is 13.3. The number of amides is 1. The molecule has 2 nitrogen and oxygen atoms in total. The van der Waals surface area contributed by atoms with Gasteiger partial charge in [0, 0.05) is 11.6 Å². The molecule has 0 aliphatic carbocycles. The zero-order valence-corrected chi connectivity index (χ0v) is 11.1. The van der Waals surface area contributed by atoms with Gasteiger partial charge in [0.25, 0.3) is 0 Å². The molecule has 1 unspecified atom stereocenters. The Morgan fingerprint density at radius 2 is 1.94 bits per heavy atom. The van der Waals surface area contributed by atoms with Gasteiger partial charge in [0.2, 0.25) is 5.91 Å². The van der Waals surface area contributed by atoms with Gasteiger partial charge in [-0.1, -0.05) is 13.8 Å². The van der Waals surface area contributed by atoms with Crippen molar-refractivity contribution in [2.45, 2.75) is 20.3 Å². The predicted octanol–water partition coefficient (Wildman–Crippen LogP) is 3.55. The highest BCUT2D eigenvalue weighted by Gasteiger charge is 2.13. The van der Waals surface area contributed by atoms with Crippen LogP contribution < -0.4 is 5.32 Å². The number of rotatable bonds is 3. The van der Waals surface area contributed by atoms with Gasteiger partial charge in [-0.2, -0.15) is 0 Å². The number of anilines is 1. The van der Waals surface area contributed by atoms with Crippen LogP contribution >= 0.6 is 22.6 Å². The van der Waals surface area contributed by atoms with Gasteiger partial charge in [-0.3, -0.25) is 4.79 Å². The van der Waals surface area contributed by atoms with Gasteiger partial charge in [0.15, 0.2) is 0 Å². The van der Waals surface area contributed by atoms with Crippen molar-refractivity contribution in [2.24, 2.45) is 5.92 Å². The highest BCUT2D eigenvalue weighted by molar-refractivity contribution is 14.1. The van der Waals surface area contributed by atoms with Gasteiger partial charge in [0.1, 0.15) is 11.6 Å². The summed E-state index contributed by atoms with van der Waals surface area (Å²) in [5.74, 6) is -1.74. The molecule has 1 rings (SSSR count). The van der Waals surface area contributed by atoms with E-state index in [0.717, 1.165) is 12.1 Å². The Bertz CT molecular complexity index is 386. The highest BCUT2D eigenvalue weighted by atomic mass is 127. The van der Waals surface area contributed by atoms with Gasteiger partial charge < -0.3 is 5.32 Å². The fraction of sp³-hybridized carbons (Fsp3) is 0.364. The van der Waals surface area contributed by atoms with E-state index < -0.39 is 11.6 Å². The Morgan fingerprint density at radius 3 is 2.38 bits per heavy atom. The summed E-state index contributed by atoms with van der Waals surface area (Å²) in [6.07, 6.45) is 0.682. The van der Waals surface area contributed by atoms with Crippen LogP contribution in [-0.4, -0.2) is 5.91 Å². The summed E-state index contributed by atoms with van der Waals surface area (Å²) < 4.78 is 26.3. The maximum absolute atomic E-state index is 13.2. The molecule has 0 radical (unpaired) electrons. The minimum Gasteiger partial charge on any atom is -0.326 e. The fourth-order valence-electron chi connectivity index (χ4n) is 1.08. The number of halogens is 3. The van der Waals surface area contributed by atoms with E-state index in [9.17, 15) is 13.6 Å². The van der Waals surface area contributed by atoms with E-state index in [1.54, 1.807) is 29.5 Å². The molecule has 0 saturated carbocycles. The lowest BCUT2D eigenvalue weighted by Gasteiger charge is -2.10. The van der Waals surface area contributed by atoms with Crippen molar-refractivity contribution < 1.29 is 13.6 Å². The maximum atomic E-state index is 13.2. The van der Waals surface area contributed by atoms with Gasteiger partial charge in [-0.05, 0) is 41.1 Å². The molecule has 0 saturated heterocycles. The molecule has 0 aromatic heterocycles. The van der Waals surface area contributed by atoms with E-state index >= 15 is 0 Å². The van der Waals surface area contributed by atoms with Crippen LogP contribution in [0.15, 0.2) is 12.1 Å². The van der Waals surface area contributed by atoms with Crippen LogP contribution in [0.5, 0.6) is 0 Å². The first-order chi connectivity index (χ1) is 7.45.